The Balaban J connectivity index is 1.53. The lowest BCUT2D eigenvalue weighted by Gasteiger charge is -2.32. The maximum Gasteiger partial charge on any atom is 0.459 e. The molecule has 4 rings (SSSR count). The number of carboxylic acid groups (broad SMARTS) is 1. The average Bonchev–Trinajstić information content (AvgIpc) is 3.32. The molecule has 12 nitrogen and oxygen atoms in total. The highest BCUT2D eigenvalue weighted by molar-refractivity contribution is 7.52. The normalized spacial score (nSPS) is 28.8. The van der Waals surface area contributed by atoms with Crippen molar-refractivity contribution in [1.82, 2.24) is 9.99 Å². The summed E-state index contributed by atoms with van der Waals surface area (Å²) in [5.74, 6) is -2.48. The van der Waals surface area contributed by atoms with Gasteiger partial charge in [0.25, 0.3) is 0 Å². The molecule has 0 aromatic heterocycles. The number of hydrogen-bond acceptors (Lipinski definition) is 9. The van der Waals surface area contributed by atoms with E-state index in [4.69, 9.17) is 29.0 Å². The van der Waals surface area contributed by atoms with Crippen molar-refractivity contribution in [2.24, 2.45) is 5.73 Å². The zero-order valence-electron chi connectivity index (χ0n) is 21.0. The van der Waals surface area contributed by atoms with Gasteiger partial charge in [0.15, 0.2) is 12.0 Å². The summed E-state index contributed by atoms with van der Waals surface area (Å²) in [4.78, 5) is 24.9. The van der Waals surface area contributed by atoms with Gasteiger partial charge in [0, 0.05) is 12.7 Å². The molecule has 0 bridgehead atoms. The van der Waals surface area contributed by atoms with Crippen LogP contribution in [0.25, 0.3) is 0 Å². The highest BCUT2D eigenvalue weighted by atomic mass is 31.2. The van der Waals surface area contributed by atoms with E-state index in [1.165, 1.54) is 6.92 Å². The van der Waals surface area contributed by atoms with E-state index in [0.29, 0.717) is 12.1 Å². The predicted molar refractivity (Wildman–Crippen MR) is 131 cm³/mol. The first-order valence-corrected chi connectivity index (χ1v) is 13.4. The number of primary amides is 1. The second-order valence-electron chi connectivity index (χ2n) is 9.56. The number of ether oxygens (including phenoxy) is 3. The van der Waals surface area contributed by atoms with Crippen LogP contribution in [0.2, 0.25) is 0 Å². The van der Waals surface area contributed by atoms with Crippen molar-refractivity contribution in [3.8, 4) is 5.75 Å². The fourth-order valence-electron chi connectivity index (χ4n) is 4.25. The second kappa shape index (κ2) is 10.6. The topological polar surface area (TPSA) is 159 Å². The van der Waals surface area contributed by atoms with E-state index >= 15 is 0 Å². The van der Waals surface area contributed by atoms with Gasteiger partial charge in [-0.3, -0.25) is 14.1 Å². The average molecular weight is 538 g/mol. The summed E-state index contributed by atoms with van der Waals surface area (Å²) in [5.41, 5.74) is 6.72. The third kappa shape index (κ3) is 6.40. The molecule has 3 aliphatic heterocycles. The van der Waals surface area contributed by atoms with Crippen LogP contribution in [0.4, 0.5) is 0 Å². The van der Waals surface area contributed by atoms with Crippen LogP contribution in [0.3, 0.4) is 0 Å². The maximum atomic E-state index is 13.6. The van der Waals surface area contributed by atoms with Gasteiger partial charge < -0.3 is 34.5 Å². The van der Waals surface area contributed by atoms with Crippen LogP contribution in [0.5, 0.6) is 5.75 Å². The van der Waals surface area contributed by atoms with Gasteiger partial charge in [-0.1, -0.05) is 29.8 Å². The maximum absolute atomic E-state index is 13.6. The molecule has 2 fully saturated rings. The molecule has 13 heteroatoms. The molecule has 0 saturated carbocycles. The number of carboxylic acids is 1. The van der Waals surface area contributed by atoms with Crippen molar-refractivity contribution in [3.63, 3.8) is 0 Å². The van der Waals surface area contributed by atoms with Crippen molar-refractivity contribution >= 4 is 19.6 Å². The van der Waals surface area contributed by atoms with Crippen LogP contribution < -0.4 is 15.3 Å². The van der Waals surface area contributed by atoms with Crippen LogP contribution in [0, 0.1) is 6.92 Å². The fourth-order valence-corrected chi connectivity index (χ4v) is 5.76. The van der Waals surface area contributed by atoms with Gasteiger partial charge in [-0.15, -0.1) is 0 Å². The zero-order chi connectivity index (χ0) is 27.0. The standard InChI is InChI=1S/C24H32N3O9P/c1-14-7-9-17(10-8-14)36-37(31,26-15(2)23(29)30)32-13-18-19-20(35-24(3,4)34-19)22(33-18)27-11-5-6-16(12-27)21(25)28/h5-10,12,15,18-20,22H,11,13H2,1-4H3,(H2,25,28)(H,26,31)(H,29,30)/t15-,18?,19+,20+,22+,37?/m0/s1. The molecule has 6 atom stereocenters. The fraction of sp³-hybridized carbons (Fsp3) is 0.500. The molecule has 3 aliphatic rings. The van der Waals surface area contributed by atoms with Crippen LogP contribution in [-0.4, -0.2) is 71.4 Å². The van der Waals surface area contributed by atoms with E-state index < -0.39 is 56.0 Å². The summed E-state index contributed by atoms with van der Waals surface area (Å²) in [7, 11) is -4.17. The molecular formula is C24H32N3O9P. The minimum absolute atomic E-state index is 0.243. The highest BCUT2D eigenvalue weighted by Gasteiger charge is 2.57. The van der Waals surface area contributed by atoms with Gasteiger partial charge in [-0.25, -0.2) is 4.57 Å². The van der Waals surface area contributed by atoms with Gasteiger partial charge in [-0.05, 0) is 39.8 Å². The monoisotopic (exact) mass is 537 g/mol. The minimum Gasteiger partial charge on any atom is -0.480 e. The number of benzene rings is 1. The van der Waals surface area contributed by atoms with E-state index in [-0.39, 0.29) is 12.4 Å². The molecule has 2 unspecified atom stereocenters. The molecule has 1 amide bonds. The summed E-state index contributed by atoms with van der Waals surface area (Å²) in [6.45, 7) is 6.94. The van der Waals surface area contributed by atoms with Gasteiger partial charge in [-0.2, -0.15) is 5.09 Å². The van der Waals surface area contributed by atoms with E-state index in [1.807, 2.05) is 6.92 Å². The van der Waals surface area contributed by atoms with E-state index in [2.05, 4.69) is 5.09 Å². The molecule has 1 aromatic rings. The molecule has 0 aliphatic carbocycles. The number of carbonyl (C=O) groups excluding carboxylic acids is 1. The first-order valence-electron chi connectivity index (χ1n) is 11.8. The first kappa shape index (κ1) is 27.3. The van der Waals surface area contributed by atoms with E-state index in [1.54, 1.807) is 61.4 Å². The SMILES string of the molecule is Cc1ccc(OP(=O)(N[C@@H](C)C(=O)O)OCC2O[C@@H](N3C=C(C(N)=O)C=CC3)[C@@H]3OC(C)(C)O[C@H]23)cc1. The van der Waals surface area contributed by atoms with Gasteiger partial charge in [0.2, 0.25) is 5.91 Å². The largest absolute Gasteiger partial charge is 0.480 e. The van der Waals surface area contributed by atoms with Crippen molar-refractivity contribution in [1.29, 1.82) is 0 Å². The number of amides is 1. The second-order valence-corrected chi connectivity index (χ2v) is 11.3. The van der Waals surface area contributed by atoms with Gasteiger partial charge in [0.05, 0.1) is 12.2 Å². The Labute approximate surface area is 214 Å². The number of rotatable bonds is 10. The molecular weight excluding hydrogens is 505 g/mol. The number of nitrogens with two attached hydrogens (primary N) is 1. The summed E-state index contributed by atoms with van der Waals surface area (Å²) >= 11 is 0. The zero-order valence-corrected chi connectivity index (χ0v) is 21.9. The van der Waals surface area contributed by atoms with Crippen molar-refractivity contribution in [3.05, 3.63) is 53.8 Å². The summed E-state index contributed by atoms with van der Waals surface area (Å²) in [5, 5.41) is 11.8. The van der Waals surface area contributed by atoms with Crippen LogP contribution in [0.1, 0.15) is 26.3 Å². The van der Waals surface area contributed by atoms with Crippen molar-refractivity contribution in [2.45, 2.75) is 64.1 Å². The smallest absolute Gasteiger partial charge is 0.459 e. The number of aryl methyl sites for hydroxylation is 1. The molecule has 0 radical (unpaired) electrons. The quantitative estimate of drug-likeness (QED) is 0.375. The molecule has 4 N–H and O–H groups in total. The van der Waals surface area contributed by atoms with E-state index in [0.717, 1.165) is 5.56 Å². The number of nitrogens with one attached hydrogen (secondary N) is 1. The van der Waals surface area contributed by atoms with Crippen LogP contribution >= 0.6 is 7.75 Å². The number of hydrogen-bond donors (Lipinski definition) is 3. The van der Waals surface area contributed by atoms with E-state index in [9.17, 15) is 19.3 Å². The Morgan fingerprint density at radius 2 is 1.95 bits per heavy atom. The Morgan fingerprint density at radius 1 is 1.27 bits per heavy atom. The summed E-state index contributed by atoms with van der Waals surface area (Å²) in [6.07, 6.45) is 2.47. The Morgan fingerprint density at radius 3 is 2.59 bits per heavy atom. The van der Waals surface area contributed by atoms with Gasteiger partial charge >= 0.3 is 13.7 Å². The third-order valence-electron chi connectivity index (χ3n) is 6.03. The lowest BCUT2D eigenvalue weighted by Crippen LogP contribution is -2.42. The molecule has 0 spiro atoms. The van der Waals surface area contributed by atoms with Crippen molar-refractivity contribution < 1.29 is 42.5 Å². The van der Waals surface area contributed by atoms with Crippen LogP contribution in [0.15, 0.2) is 48.2 Å². The Hall–Kier alpha value is -2.73. The summed E-state index contributed by atoms with van der Waals surface area (Å²) < 4.78 is 43.3. The lowest BCUT2D eigenvalue weighted by atomic mass is 10.1. The molecule has 1 aromatic carbocycles. The highest BCUT2D eigenvalue weighted by Crippen LogP contribution is 2.47. The van der Waals surface area contributed by atoms with Gasteiger partial charge in [0.1, 0.15) is 30.1 Å². The number of carbonyl (C=O) groups is 2. The predicted octanol–water partition coefficient (Wildman–Crippen LogP) is 2.05. The molecule has 202 valence electrons. The third-order valence-corrected chi connectivity index (χ3v) is 7.68. The lowest BCUT2D eigenvalue weighted by molar-refractivity contribution is -0.203. The molecule has 37 heavy (non-hydrogen) atoms. The Bertz CT molecular complexity index is 1140. The summed E-state index contributed by atoms with van der Waals surface area (Å²) in [6, 6.07) is 5.53. The molecule has 3 heterocycles. The van der Waals surface area contributed by atoms with Crippen molar-refractivity contribution in [2.75, 3.05) is 13.2 Å². The molecule has 2 saturated heterocycles. The number of nitrogens with zero attached hydrogens (tertiary/aromatic N) is 1. The van der Waals surface area contributed by atoms with Crippen LogP contribution in [-0.2, 0) is 32.9 Å². The number of aliphatic carboxylic acids is 1. The first-order chi connectivity index (χ1) is 17.4. The number of fused-ring (bicyclic) bond motifs is 1. The minimum atomic E-state index is -4.17. The Kier molecular flexibility index (Phi) is 7.80.